The van der Waals surface area contributed by atoms with Gasteiger partial charge in [0.15, 0.2) is 0 Å². The van der Waals surface area contributed by atoms with Crippen LogP contribution in [0, 0.1) is 11.3 Å². The molecule has 0 bridgehead atoms. The van der Waals surface area contributed by atoms with E-state index in [4.69, 9.17) is 4.74 Å². The van der Waals surface area contributed by atoms with Gasteiger partial charge in [-0.2, -0.15) is 5.26 Å². The molecule has 0 amide bonds. The first-order valence-corrected chi connectivity index (χ1v) is 8.00. The molecule has 3 rings (SSSR count). The molecule has 5 heteroatoms. The predicted octanol–water partition coefficient (Wildman–Crippen LogP) is 4.24. The summed E-state index contributed by atoms with van der Waals surface area (Å²) in [5, 5.41) is 9.26. The number of benzene rings is 2. The van der Waals surface area contributed by atoms with E-state index in [2.05, 4.69) is 23.2 Å². The molecule has 0 unspecified atom stereocenters. The van der Waals surface area contributed by atoms with Crippen LogP contribution in [0.5, 0.6) is 5.75 Å². The number of hydrogen-bond acceptors (Lipinski definition) is 3. The Kier molecular flexibility index (Phi) is 7.06. The van der Waals surface area contributed by atoms with E-state index in [1.54, 1.807) is 12.5 Å². The maximum atomic E-state index is 9.26. The summed E-state index contributed by atoms with van der Waals surface area (Å²) in [6.45, 7) is 1.31. The van der Waals surface area contributed by atoms with Gasteiger partial charge in [-0.25, -0.2) is 4.98 Å². The number of halogens is 1. The van der Waals surface area contributed by atoms with E-state index in [-0.39, 0.29) is 12.4 Å². The Bertz CT molecular complexity index is 811. The van der Waals surface area contributed by atoms with Crippen molar-refractivity contribution in [1.82, 2.24) is 9.55 Å². The van der Waals surface area contributed by atoms with E-state index < -0.39 is 0 Å². The van der Waals surface area contributed by atoms with Gasteiger partial charge in [-0.05, 0) is 36.1 Å². The maximum Gasteiger partial charge on any atom is 0.137 e. The highest BCUT2D eigenvalue weighted by molar-refractivity contribution is 5.85. The largest absolute Gasteiger partial charge is 0.492 e. The van der Waals surface area contributed by atoms with Crippen molar-refractivity contribution in [3.63, 3.8) is 0 Å². The predicted molar refractivity (Wildman–Crippen MR) is 100.0 cm³/mol. The Hall–Kier alpha value is -2.77. The van der Waals surface area contributed by atoms with Crippen molar-refractivity contribution in [2.24, 2.45) is 0 Å². The fourth-order valence-corrected chi connectivity index (χ4v) is 2.57. The summed E-state index contributed by atoms with van der Waals surface area (Å²) in [4.78, 5) is 4.04. The normalized spacial score (nSPS) is 9.88. The molecule has 0 aliphatic carbocycles. The minimum absolute atomic E-state index is 0. The Morgan fingerprint density at radius 1 is 1.08 bits per heavy atom. The molecular weight excluding hydrogens is 334 g/mol. The molecule has 0 saturated heterocycles. The van der Waals surface area contributed by atoms with Crippen LogP contribution in [0.25, 0.3) is 0 Å². The van der Waals surface area contributed by atoms with E-state index >= 15 is 0 Å². The van der Waals surface area contributed by atoms with E-state index in [1.165, 1.54) is 5.56 Å². The minimum atomic E-state index is 0. The van der Waals surface area contributed by atoms with Gasteiger partial charge < -0.3 is 9.30 Å². The first kappa shape index (κ1) is 18.6. The zero-order valence-electron chi connectivity index (χ0n) is 13.8. The molecule has 0 aliphatic rings. The van der Waals surface area contributed by atoms with E-state index in [9.17, 15) is 5.26 Å². The number of hydrogen-bond donors (Lipinski definition) is 0. The topological polar surface area (TPSA) is 50.8 Å². The lowest BCUT2D eigenvalue weighted by molar-refractivity contribution is 0.310. The Morgan fingerprint density at radius 2 is 1.92 bits per heavy atom. The zero-order chi connectivity index (χ0) is 16.6. The molecule has 0 saturated carbocycles. The molecular formula is C20H20ClN3O. The van der Waals surface area contributed by atoms with Gasteiger partial charge >= 0.3 is 0 Å². The number of ether oxygens (including phenoxy) is 1. The smallest absolute Gasteiger partial charge is 0.137 e. The van der Waals surface area contributed by atoms with Crippen molar-refractivity contribution in [1.29, 1.82) is 5.26 Å². The molecule has 2 aromatic carbocycles. The summed E-state index contributed by atoms with van der Waals surface area (Å²) >= 11 is 0. The van der Waals surface area contributed by atoms with E-state index in [0.717, 1.165) is 18.4 Å². The molecule has 0 fully saturated rings. The van der Waals surface area contributed by atoms with E-state index in [1.807, 2.05) is 47.2 Å². The van der Waals surface area contributed by atoms with Gasteiger partial charge in [0.05, 0.1) is 18.5 Å². The zero-order valence-corrected chi connectivity index (χ0v) is 14.7. The lowest BCUT2D eigenvalue weighted by Crippen LogP contribution is -2.03. The fourth-order valence-electron chi connectivity index (χ4n) is 2.57. The Morgan fingerprint density at radius 3 is 2.64 bits per heavy atom. The number of aryl methyl sites for hydroxylation is 1. The van der Waals surface area contributed by atoms with Crippen molar-refractivity contribution >= 4 is 12.4 Å². The third kappa shape index (κ3) is 5.37. The summed E-state index contributed by atoms with van der Waals surface area (Å²) in [7, 11) is 0. The van der Waals surface area contributed by atoms with Crippen molar-refractivity contribution in [2.75, 3.05) is 6.61 Å². The molecule has 3 aromatic rings. The lowest BCUT2D eigenvalue weighted by Gasteiger charge is -2.10. The monoisotopic (exact) mass is 353 g/mol. The molecule has 0 radical (unpaired) electrons. The van der Waals surface area contributed by atoms with Gasteiger partial charge in [0, 0.05) is 18.9 Å². The van der Waals surface area contributed by atoms with Crippen LogP contribution < -0.4 is 4.74 Å². The third-order valence-corrected chi connectivity index (χ3v) is 3.80. The molecule has 1 heterocycles. The van der Waals surface area contributed by atoms with Crippen LogP contribution in [0.2, 0.25) is 0 Å². The highest BCUT2D eigenvalue weighted by atomic mass is 35.5. The van der Waals surface area contributed by atoms with E-state index in [0.29, 0.717) is 24.5 Å². The van der Waals surface area contributed by atoms with Gasteiger partial charge in [-0.1, -0.05) is 36.4 Å². The molecule has 0 N–H and O–H groups in total. The van der Waals surface area contributed by atoms with Crippen molar-refractivity contribution in [2.45, 2.75) is 19.4 Å². The maximum absolute atomic E-state index is 9.26. The summed E-state index contributed by atoms with van der Waals surface area (Å²) in [6, 6.07) is 18.3. The second kappa shape index (κ2) is 9.51. The van der Waals surface area contributed by atoms with Crippen LogP contribution in [0.3, 0.4) is 0 Å². The van der Waals surface area contributed by atoms with Crippen molar-refractivity contribution in [3.8, 4) is 11.8 Å². The van der Waals surface area contributed by atoms with Crippen molar-refractivity contribution < 1.29 is 4.74 Å². The number of nitriles is 1. The molecule has 25 heavy (non-hydrogen) atoms. The SMILES string of the molecule is Cl.N#Cc1ccc(Cn2ccnc2)cc1OCCCc1ccccc1. The lowest BCUT2D eigenvalue weighted by atomic mass is 10.1. The minimum Gasteiger partial charge on any atom is -0.492 e. The van der Waals surface area contributed by atoms with Crippen LogP contribution in [-0.2, 0) is 13.0 Å². The average Bonchev–Trinajstić information content (AvgIpc) is 3.13. The van der Waals surface area contributed by atoms with Gasteiger partial charge in [-0.3, -0.25) is 0 Å². The Balaban J connectivity index is 0.00000225. The van der Waals surface area contributed by atoms with Gasteiger partial charge in [0.2, 0.25) is 0 Å². The second-order valence-corrected chi connectivity index (χ2v) is 5.61. The van der Waals surface area contributed by atoms with Crippen LogP contribution in [-0.4, -0.2) is 16.2 Å². The molecule has 0 spiro atoms. The average molecular weight is 354 g/mol. The number of rotatable bonds is 7. The standard InChI is InChI=1S/C20H19N3O.ClH/c21-14-19-9-8-18(15-23-11-10-22-16-23)13-20(19)24-12-4-7-17-5-2-1-3-6-17;/h1-3,5-6,8-11,13,16H,4,7,12,15H2;1H. The highest BCUT2D eigenvalue weighted by Crippen LogP contribution is 2.21. The summed E-state index contributed by atoms with van der Waals surface area (Å²) in [6.07, 6.45) is 7.33. The quantitative estimate of drug-likeness (QED) is 0.597. The number of aromatic nitrogens is 2. The number of imidazole rings is 1. The summed E-state index contributed by atoms with van der Waals surface area (Å²) < 4.78 is 7.85. The van der Waals surface area contributed by atoms with Gasteiger partial charge in [-0.15, -0.1) is 12.4 Å². The third-order valence-electron chi connectivity index (χ3n) is 3.80. The van der Waals surface area contributed by atoms with Gasteiger partial charge in [0.25, 0.3) is 0 Å². The molecule has 4 nitrogen and oxygen atoms in total. The van der Waals surface area contributed by atoms with Crippen LogP contribution in [0.15, 0.2) is 67.3 Å². The van der Waals surface area contributed by atoms with Crippen LogP contribution in [0.4, 0.5) is 0 Å². The highest BCUT2D eigenvalue weighted by Gasteiger charge is 2.06. The second-order valence-electron chi connectivity index (χ2n) is 5.61. The first-order chi connectivity index (χ1) is 11.8. The molecule has 0 aliphatic heterocycles. The fraction of sp³-hybridized carbons (Fsp3) is 0.200. The number of nitrogens with zero attached hydrogens (tertiary/aromatic N) is 3. The first-order valence-electron chi connectivity index (χ1n) is 8.00. The summed E-state index contributed by atoms with van der Waals surface area (Å²) in [5.41, 5.74) is 2.96. The Labute approximate surface area is 154 Å². The van der Waals surface area contributed by atoms with Crippen LogP contribution >= 0.6 is 12.4 Å². The van der Waals surface area contributed by atoms with Crippen LogP contribution in [0.1, 0.15) is 23.1 Å². The molecule has 128 valence electrons. The summed E-state index contributed by atoms with van der Waals surface area (Å²) in [5.74, 6) is 0.656. The molecule has 0 atom stereocenters. The van der Waals surface area contributed by atoms with Crippen molar-refractivity contribution in [3.05, 3.63) is 83.9 Å². The van der Waals surface area contributed by atoms with Gasteiger partial charge in [0.1, 0.15) is 11.8 Å². The molecule has 1 aromatic heterocycles.